The Hall–Kier alpha value is -1.24. The Labute approximate surface area is 107 Å². The van der Waals surface area contributed by atoms with E-state index in [2.05, 4.69) is 26.5 Å². The molecule has 2 aromatic rings. The van der Waals surface area contributed by atoms with Crippen LogP contribution in [-0.2, 0) is 7.05 Å². The molecule has 1 aromatic heterocycles. The number of aromatic nitrogens is 2. The number of hydrogen-bond donors (Lipinski definition) is 2. The normalized spacial score (nSPS) is 12.7. The summed E-state index contributed by atoms with van der Waals surface area (Å²) in [5, 5.41) is 4.09. The van der Waals surface area contributed by atoms with Gasteiger partial charge in [-0.05, 0) is 39.7 Å². The third-order valence-corrected chi connectivity index (χ3v) is 3.21. The van der Waals surface area contributed by atoms with E-state index in [4.69, 9.17) is 5.84 Å². The first-order chi connectivity index (χ1) is 8.13. The first kappa shape index (κ1) is 12.2. The monoisotopic (exact) mass is 298 g/mol. The maximum Gasteiger partial charge on any atom is 0.137 e. The van der Waals surface area contributed by atoms with Gasteiger partial charge in [0.25, 0.3) is 0 Å². The van der Waals surface area contributed by atoms with Crippen LogP contribution in [0, 0.1) is 5.82 Å². The molecular formula is C11H12BrFN4. The topological polar surface area (TPSA) is 55.9 Å². The van der Waals surface area contributed by atoms with Gasteiger partial charge < -0.3 is 0 Å². The molecule has 6 heteroatoms. The molecule has 2 rings (SSSR count). The number of nitrogens with zero attached hydrogens (tertiary/aromatic N) is 2. The number of nitrogens with one attached hydrogen (secondary N) is 1. The predicted octanol–water partition coefficient (Wildman–Crippen LogP) is 1.87. The summed E-state index contributed by atoms with van der Waals surface area (Å²) in [6.07, 6.45) is 1.69. The molecule has 0 saturated heterocycles. The molecule has 1 aromatic carbocycles. The van der Waals surface area contributed by atoms with Crippen molar-refractivity contribution in [3.63, 3.8) is 0 Å². The number of rotatable bonds is 3. The number of halogens is 2. The minimum Gasteiger partial charge on any atom is -0.271 e. The van der Waals surface area contributed by atoms with Gasteiger partial charge in [-0.25, -0.2) is 9.82 Å². The van der Waals surface area contributed by atoms with Crippen molar-refractivity contribution in [2.45, 2.75) is 6.04 Å². The molecule has 0 spiro atoms. The highest BCUT2D eigenvalue weighted by Crippen LogP contribution is 2.25. The Kier molecular flexibility index (Phi) is 3.56. The highest BCUT2D eigenvalue weighted by molar-refractivity contribution is 9.10. The summed E-state index contributed by atoms with van der Waals surface area (Å²) in [7, 11) is 1.83. The van der Waals surface area contributed by atoms with Crippen molar-refractivity contribution in [3.05, 3.63) is 52.0 Å². The molecule has 1 unspecified atom stereocenters. The Morgan fingerprint density at radius 3 is 2.76 bits per heavy atom. The van der Waals surface area contributed by atoms with E-state index in [0.717, 1.165) is 11.3 Å². The Morgan fingerprint density at radius 1 is 1.47 bits per heavy atom. The van der Waals surface area contributed by atoms with Crippen molar-refractivity contribution in [2.75, 3.05) is 0 Å². The van der Waals surface area contributed by atoms with E-state index < -0.39 is 0 Å². The van der Waals surface area contributed by atoms with Crippen LogP contribution in [0.1, 0.15) is 17.3 Å². The molecule has 4 nitrogen and oxygen atoms in total. The lowest BCUT2D eigenvalue weighted by atomic mass is 10.0. The highest BCUT2D eigenvalue weighted by Gasteiger charge is 2.16. The minimum absolute atomic E-state index is 0.223. The van der Waals surface area contributed by atoms with Crippen molar-refractivity contribution in [2.24, 2.45) is 12.9 Å². The average Bonchev–Trinajstić information content (AvgIpc) is 2.71. The third kappa shape index (κ3) is 2.38. The first-order valence-electron chi connectivity index (χ1n) is 5.02. The van der Waals surface area contributed by atoms with Gasteiger partial charge in [0.15, 0.2) is 0 Å². The summed E-state index contributed by atoms with van der Waals surface area (Å²) in [6, 6.07) is 6.44. The maximum absolute atomic E-state index is 13.2. The summed E-state index contributed by atoms with van der Waals surface area (Å²) in [5.41, 5.74) is 4.48. The van der Waals surface area contributed by atoms with Crippen LogP contribution in [0.25, 0.3) is 0 Å². The standard InChI is InChI=1S/C11H12BrFN4/c1-17-10(4-5-15-17)11(16-14)7-2-3-9(13)8(12)6-7/h2-6,11,16H,14H2,1H3. The van der Waals surface area contributed by atoms with Gasteiger partial charge in [0.05, 0.1) is 16.2 Å². The molecule has 0 radical (unpaired) electrons. The Morgan fingerprint density at radius 2 is 2.24 bits per heavy atom. The summed E-state index contributed by atoms with van der Waals surface area (Å²) in [5.74, 6) is 5.26. The molecule has 0 saturated carbocycles. The second-order valence-electron chi connectivity index (χ2n) is 3.65. The smallest absolute Gasteiger partial charge is 0.137 e. The number of aryl methyl sites for hydroxylation is 1. The quantitative estimate of drug-likeness (QED) is 0.672. The van der Waals surface area contributed by atoms with Gasteiger partial charge in [0.2, 0.25) is 0 Å². The van der Waals surface area contributed by atoms with Crippen LogP contribution in [0.15, 0.2) is 34.9 Å². The number of nitrogens with two attached hydrogens (primary N) is 1. The van der Waals surface area contributed by atoms with Gasteiger partial charge in [-0.15, -0.1) is 0 Å². The van der Waals surface area contributed by atoms with E-state index in [1.54, 1.807) is 23.0 Å². The van der Waals surface area contributed by atoms with Crippen molar-refractivity contribution in [1.82, 2.24) is 15.2 Å². The molecule has 0 amide bonds. The largest absolute Gasteiger partial charge is 0.271 e. The highest BCUT2D eigenvalue weighted by atomic mass is 79.9. The van der Waals surface area contributed by atoms with E-state index in [1.165, 1.54) is 6.07 Å². The van der Waals surface area contributed by atoms with Gasteiger partial charge >= 0.3 is 0 Å². The summed E-state index contributed by atoms with van der Waals surface area (Å²) < 4.78 is 15.3. The van der Waals surface area contributed by atoms with E-state index in [1.807, 2.05) is 13.1 Å². The lowest BCUT2D eigenvalue weighted by Crippen LogP contribution is -2.30. The average molecular weight is 299 g/mol. The maximum atomic E-state index is 13.2. The van der Waals surface area contributed by atoms with Crippen LogP contribution in [-0.4, -0.2) is 9.78 Å². The predicted molar refractivity (Wildman–Crippen MR) is 66.5 cm³/mol. The van der Waals surface area contributed by atoms with Crippen LogP contribution in [0.2, 0.25) is 0 Å². The van der Waals surface area contributed by atoms with Gasteiger partial charge in [0, 0.05) is 13.2 Å². The van der Waals surface area contributed by atoms with Crippen molar-refractivity contribution in [3.8, 4) is 0 Å². The molecule has 90 valence electrons. The Balaban J connectivity index is 2.42. The van der Waals surface area contributed by atoms with Crippen LogP contribution in [0.4, 0.5) is 4.39 Å². The van der Waals surface area contributed by atoms with Crippen molar-refractivity contribution >= 4 is 15.9 Å². The second kappa shape index (κ2) is 4.95. The lowest BCUT2D eigenvalue weighted by Gasteiger charge is -2.17. The number of benzene rings is 1. The fraction of sp³-hybridized carbons (Fsp3) is 0.182. The molecule has 1 heterocycles. The molecule has 3 N–H and O–H groups in total. The van der Waals surface area contributed by atoms with Crippen LogP contribution < -0.4 is 11.3 Å². The number of hydrogen-bond acceptors (Lipinski definition) is 3. The van der Waals surface area contributed by atoms with Crippen LogP contribution in [0.5, 0.6) is 0 Å². The molecule has 1 atom stereocenters. The fourth-order valence-corrected chi connectivity index (χ4v) is 2.11. The van der Waals surface area contributed by atoms with E-state index >= 15 is 0 Å². The zero-order valence-corrected chi connectivity index (χ0v) is 10.8. The summed E-state index contributed by atoms with van der Waals surface area (Å²) >= 11 is 3.16. The zero-order chi connectivity index (χ0) is 12.4. The summed E-state index contributed by atoms with van der Waals surface area (Å²) in [4.78, 5) is 0. The van der Waals surface area contributed by atoms with E-state index in [9.17, 15) is 4.39 Å². The van der Waals surface area contributed by atoms with Crippen LogP contribution >= 0.6 is 15.9 Å². The van der Waals surface area contributed by atoms with Crippen molar-refractivity contribution in [1.29, 1.82) is 0 Å². The molecule has 0 aliphatic heterocycles. The minimum atomic E-state index is -0.297. The zero-order valence-electron chi connectivity index (χ0n) is 9.19. The molecule has 0 aliphatic carbocycles. The third-order valence-electron chi connectivity index (χ3n) is 2.60. The van der Waals surface area contributed by atoms with E-state index in [-0.39, 0.29) is 11.9 Å². The van der Waals surface area contributed by atoms with Crippen LogP contribution in [0.3, 0.4) is 0 Å². The molecule has 0 aliphatic rings. The fourth-order valence-electron chi connectivity index (χ4n) is 1.71. The van der Waals surface area contributed by atoms with Gasteiger partial charge in [-0.2, -0.15) is 5.10 Å². The van der Waals surface area contributed by atoms with Gasteiger partial charge in [0.1, 0.15) is 5.82 Å². The second-order valence-corrected chi connectivity index (χ2v) is 4.51. The SMILES string of the molecule is Cn1nccc1C(NN)c1ccc(F)c(Br)c1. The van der Waals surface area contributed by atoms with Gasteiger partial charge in [-0.3, -0.25) is 10.5 Å². The molecule has 0 fully saturated rings. The molecule has 17 heavy (non-hydrogen) atoms. The first-order valence-corrected chi connectivity index (χ1v) is 5.81. The van der Waals surface area contributed by atoms with Gasteiger partial charge in [-0.1, -0.05) is 6.07 Å². The van der Waals surface area contributed by atoms with E-state index in [0.29, 0.717) is 4.47 Å². The number of hydrazine groups is 1. The lowest BCUT2D eigenvalue weighted by molar-refractivity contribution is 0.571. The molecule has 0 bridgehead atoms. The van der Waals surface area contributed by atoms with Crippen molar-refractivity contribution < 1.29 is 4.39 Å². The Bertz CT molecular complexity index is 526. The summed E-state index contributed by atoms with van der Waals surface area (Å²) in [6.45, 7) is 0. The molecular weight excluding hydrogens is 287 g/mol.